The van der Waals surface area contributed by atoms with E-state index in [0.717, 1.165) is 3.57 Å². The molecule has 0 aromatic heterocycles. The standard InChI is InChI=1S/C17H14INO5/c1-23-16(21)11-6-7-13(17(22)24-2)14(9-11)19-15(20)10-4-3-5-12(18)8-10/h3-9H,1-2H3,(H,19,20). The first-order valence-electron chi connectivity index (χ1n) is 6.84. The summed E-state index contributed by atoms with van der Waals surface area (Å²) in [4.78, 5) is 35.9. The van der Waals surface area contributed by atoms with Crippen LogP contribution in [-0.4, -0.2) is 32.1 Å². The molecular weight excluding hydrogens is 425 g/mol. The topological polar surface area (TPSA) is 81.7 Å². The number of hydrogen-bond acceptors (Lipinski definition) is 5. The van der Waals surface area contributed by atoms with Gasteiger partial charge in [0.15, 0.2) is 0 Å². The van der Waals surface area contributed by atoms with Crippen molar-refractivity contribution in [2.75, 3.05) is 19.5 Å². The van der Waals surface area contributed by atoms with Crippen LogP contribution in [-0.2, 0) is 9.47 Å². The Morgan fingerprint density at radius 3 is 2.25 bits per heavy atom. The van der Waals surface area contributed by atoms with E-state index in [1.54, 1.807) is 18.2 Å². The van der Waals surface area contributed by atoms with E-state index in [4.69, 9.17) is 4.74 Å². The molecule has 0 saturated carbocycles. The fourth-order valence-corrected chi connectivity index (χ4v) is 2.55. The van der Waals surface area contributed by atoms with Gasteiger partial charge in [0.1, 0.15) is 0 Å². The molecular formula is C17H14INO5. The summed E-state index contributed by atoms with van der Waals surface area (Å²) < 4.78 is 10.3. The molecule has 0 unspecified atom stereocenters. The van der Waals surface area contributed by atoms with Crippen LogP contribution in [0.4, 0.5) is 5.69 Å². The summed E-state index contributed by atoms with van der Waals surface area (Å²) in [6, 6.07) is 11.2. The molecule has 0 atom stereocenters. The summed E-state index contributed by atoms with van der Waals surface area (Å²) in [5.74, 6) is -1.60. The maximum atomic E-state index is 12.4. The molecule has 2 aromatic carbocycles. The molecule has 0 radical (unpaired) electrons. The van der Waals surface area contributed by atoms with Crippen molar-refractivity contribution < 1.29 is 23.9 Å². The zero-order chi connectivity index (χ0) is 17.7. The van der Waals surface area contributed by atoms with Gasteiger partial charge < -0.3 is 14.8 Å². The van der Waals surface area contributed by atoms with Crippen LogP contribution in [0.25, 0.3) is 0 Å². The van der Waals surface area contributed by atoms with E-state index in [2.05, 4.69) is 32.6 Å². The van der Waals surface area contributed by atoms with E-state index in [1.165, 1.54) is 32.4 Å². The Balaban J connectivity index is 2.40. The molecule has 0 spiro atoms. The van der Waals surface area contributed by atoms with Gasteiger partial charge in [0.05, 0.1) is 31.0 Å². The first-order chi connectivity index (χ1) is 11.5. The Labute approximate surface area is 152 Å². The Bertz CT molecular complexity index is 803. The lowest BCUT2D eigenvalue weighted by Crippen LogP contribution is -2.16. The first kappa shape index (κ1) is 17.9. The Hall–Kier alpha value is -2.42. The van der Waals surface area contributed by atoms with Crippen LogP contribution < -0.4 is 5.32 Å². The Morgan fingerprint density at radius 2 is 1.62 bits per heavy atom. The molecule has 0 aliphatic rings. The molecule has 0 fully saturated rings. The quantitative estimate of drug-likeness (QED) is 0.585. The number of halogens is 1. The van der Waals surface area contributed by atoms with Crippen LogP contribution in [0.5, 0.6) is 0 Å². The van der Waals surface area contributed by atoms with E-state index in [-0.39, 0.29) is 16.8 Å². The third-order valence-corrected chi connectivity index (χ3v) is 3.85. The van der Waals surface area contributed by atoms with Crippen molar-refractivity contribution in [3.63, 3.8) is 0 Å². The van der Waals surface area contributed by atoms with Crippen LogP contribution >= 0.6 is 22.6 Å². The number of rotatable bonds is 4. The molecule has 124 valence electrons. The third kappa shape index (κ3) is 4.10. The van der Waals surface area contributed by atoms with Crippen molar-refractivity contribution >= 4 is 46.1 Å². The molecule has 1 N–H and O–H groups in total. The minimum absolute atomic E-state index is 0.143. The third-order valence-electron chi connectivity index (χ3n) is 3.18. The number of esters is 2. The molecule has 1 amide bonds. The van der Waals surface area contributed by atoms with Gasteiger partial charge in [-0.2, -0.15) is 0 Å². The SMILES string of the molecule is COC(=O)c1ccc(C(=O)OC)c(NC(=O)c2cccc(I)c2)c1. The van der Waals surface area contributed by atoms with E-state index in [9.17, 15) is 14.4 Å². The summed E-state index contributed by atoms with van der Waals surface area (Å²) in [5.41, 5.74) is 0.960. The lowest BCUT2D eigenvalue weighted by molar-refractivity contribution is 0.0587. The van der Waals surface area contributed by atoms with Gasteiger partial charge in [-0.3, -0.25) is 4.79 Å². The maximum Gasteiger partial charge on any atom is 0.339 e. The van der Waals surface area contributed by atoms with Crippen molar-refractivity contribution in [3.05, 3.63) is 62.7 Å². The largest absolute Gasteiger partial charge is 0.465 e. The number of hydrogen-bond donors (Lipinski definition) is 1. The molecule has 2 rings (SSSR count). The van der Waals surface area contributed by atoms with Gasteiger partial charge in [-0.1, -0.05) is 6.07 Å². The molecule has 24 heavy (non-hydrogen) atoms. The summed E-state index contributed by atoms with van der Waals surface area (Å²) >= 11 is 2.10. The lowest BCUT2D eigenvalue weighted by Gasteiger charge is -2.11. The second kappa shape index (κ2) is 7.91. The molecule has 0 aliphatic carbocycles. The number of methoxy groups -OCH3 is 2. The van der Waals surface area contributed by atoms with E-state index < -0.39 is 17.8 Å². The van der Waals surface area contributed by atoms with Gasteiger partial charge >= 0.3 is 11.9 Å². The number of amides is 1. The Morgan fingerprint density at radius 1 is 0.917 bits per heavy atom. The second-order valence-corrected chi connectivity index (χ2v) is 5.95. The molecule has 7 heteroatoms. The van der Waals surface area contributed by atoms with Crippen molar-refractivity contribution in [2.24, 2.45) is 0 Å². The summed E-state index contributed by atoms with van der Waals surface area (Å²) in [7, 11) is 2.49. The van der Waals surface area contributed by atoms with E-state index >= 15 is 0 Å². The van der Waals surface area contributed by atoms with Gasteiger partial charge in [0.2, 0.25) is 0 Å². The predicted octanol–water partition coefficient (Wildman–Crippen LogP) is 3.12. The number of carbonyl (C=O) groups excluding carboxylic acids is 3. The van der Waals surface area contributed by atoms with Crippen molar-refractivity contribution in [1.82, 2.24) is 0 Å². The highest BCUT2D eigenvalue weighted by Gasteiger charge is 2.18. The minimum atomic E-state index is -0.621. The molecule has 0 aliphatic heterocycles. The van der Waals surface area contributed by atoms with Crippen LogP contribution in [0.1, 0.15) is 31.1 Å². The predicted molar refractivity (Wildman–Crippen MR) is 96.2 cm³/mol. The van der Waals surface area contributed by atoms with Crippen molar-refractivity contribution in [1.29, 1.82) is 0 Å². The number of carbonyl (C=O) groups is 3. The molecule has 0 saturated heterocycles. The molecule has 0 bridgehead atoms. The average Bonchev–Trinajstić information content (AvgIpc) is 2.60. The number of anilines is 1. The van der Waals surface area contributed by atoms with Gasteiger partial charge in [0.25, 0.3) is 5.91 Å². The van der Waals surface area contributed by atoms with Gasteiger partial charge in [-0.05, 0) is 59.0 Å². The van der Waals surface area contributed by atoms with Gasteiger partial charge in [0, 0.05) is 9.13 Å². The van der Waals surface area contributed by atoms with Crippen LogP contribution in [0.15, 0.2) is 42.5 Å². The average molecular weight is 439 g/mol. The van der Waals surface area contributed by atoms with Crippen LogP contribution in [0.2, 0.25) is 0 Å². The highest BCUT2D eigenvalue weighted by atomic mass is 127. The smallest absolute Gasteiger partial charge is 0.339 e. The first-order valence-corrected chi connectivity index (χ1v) is 7.91. The lowest BCUT2D eigenvalue weighted by atomic mass is 10.1. The molecule has 6 nitrogen and oxygen atoms in total. The molecule has 0 heterocycles. The normalized spacial score (nSPS) is 9.96. The monoisotopic (exact) mass is 439 g/mol. The minimum Gasteiger partial charge on any atom is -0.465 e. The number of nitrogens with one attached hydrogen (secondary N) is 1. The summed E-state index contributed by atoms with van der Waals surface area (Å²) in [5, 5.41) is 2.64. The van der Waals surface area contributed by atoms with Crippen LogP contribution in [0, 0.1) is 3.57 Å². The van der Waals surface area contributed by atoms with Crippen LogP contribution in [0.3, 0.4) is 0 Å². The zero-order valence-corrected chi connectivity index (χ0v) is 15.1. The highest BCUT2D eigenvalue weighted by Crippen LogP contribution is 2.21. The van der Waals surface area contributed by atoms with Crippen molar-refractivity contribution in [2.45, 2.75) is 0 Å². The van der Waals surface area contributed by atoms with E-state index in [0.29, 0.717) is 5.56 Å². The number of benzene rings is 2. The maximum absolute atomic E-state index is 12.4. The fraction of sp³-hybridized carbons (Fsp3) is 0.118. The van der Waals surface area contributed by atoms with Gasteiger partial charge in [-0.25, -0.2) is 9.59 Å². The summed E-state index contributed by atoms with van der Waals surface area (Å²) in [6.07, 6.45) is 0. The summed E-state index contributed by atoms with van der Waals surface area (Å²) in [6.45, 7) is 0. The fourth-order valence-electron chi connectivity index (χ4n) is 2.00. The number of ether oxygens (including phenoxy) is 2. The molecule has 2 aromatic rings. The van der Waals surface area contributed by atoms with E-state index in [1.807, 2.05) is 6.07 Å². The van der Waals surface area contributed by atoms with Gasteiger partial charge in [-0.15, -0.1) is 0 Å². The van der Waals surface area contributed by atoms with Crippen molar-refractivity contribution in [3.8, 4) is 0 Å². The second-order valence-electron chi connectivity index (χ2n) is 4.71. The zero-order valence-electron chi connectivity index (χ0n) is 13.0. The highest BCUT2D eigenvalue weighted by molar-refractivity contribution is 14.1. The Kier molecular flexibility index (Phi) is 5.91.